The molecule has 3 aliphatic rings. The molecule has 1 saturated heterocycles. The van der Waals surface area contributed by atoms with Crippen LogP contribution in [0.15, 0.2) is 36.7 Å². The molecule has 2 saturated carbocycles. The van der Waals surface area contributed by atoms with Crippen molar-refractivity contribution < 1.29 is 28.0 Å². The molecule has 0 spiro atoms. The third kappa shape index (κ3) is 8.71. The van der Waals surface area contributed by atoms with Gasteiger partial charge in [0, 0.05) is 56.5 Å². The summed E-state index contributed by atoms with van der Waals surface area (Å²) in [7, 11) is 0. The number of piperazine rings is 1. The van der Waals surface area contributed by atoms with Crippen LogP contribution in [0.3, 0.4) is 0 Å². The van der Waals surface area contributed by atoms with Gasteiger partial charge >= 0.3 is 6.18 Å². The smallest absolute Gasteiger partial charge is 0.423 e. The van der Waals surface area contributed by atoms with Crippen molar-refractivity contribution in [3.05, 3.63) is 52.3 Å². The van der Waals surface area contributed by atoms with Gasteiger partial charge in [0.2, 0.25) is 5.91 Å². The van der Waals surface area contributed by atoms with E-state index < -0.39 is 22.4 Å². The molecule has 1 amide bonds. The number of carbonyl (C=O) groups excluding carboxylic acids is 1. The first-order chi connectivity index (χ1) is 19.6. The molecule has 0 radical (unpaired) electrons. The van der Waals surface area contributed by atoms with E-state index in [9.17, 15) is 33.2 Å². The Morgan fingerprint density at radius 1 is 1.00 bits per heavy atom. The highest BCUT2D eigenvalue weighted by Crippen LogP contribution is 2.38. The summed E-state index contributed by atoms with van der Waals surface area (Å²) in [5.41, 5.74) is -0.900. The first kappa shape index (κ1) is 30.4. The molecule has 1 aromatic heterocycles. The number of anilines is 2. The Kier molecular flexibility index (Phi) is 10.3. The Bertz CT molecular complexity index is 1180. The quantitative estimate of drug-likeness (QED) is 0.303. The third-order valence-electron chi connectivity index (χ3n) is 8.12. The van der Waals surface area contributed by atoms with Crippen LogP contribution in [0.5, 0.6) is 5.75 Å². The number of rotatable bonds is 6. The van der Waals surface area contributed by atoms with E-state index in [1.165, 1.54) is 37.9 Å². The number of nitro groups is 1. The van der Waals surface area contributed by atoms with Crippen LogP contribution in [0.25, 0.3) is 0 Å². The largest absolute Gasteiger partial charge is 0.506 e. The first-order valence-corrected chi connectivity index (χ1v) is 14.4. The van der Waals surface area contributed by atoms with Crippen LogP contribution in [0.1, 0.15) is 69.8 Å². The zero-order valence-corrected chi connectivity index (χ0v) is 23.1. The summed E-state index contributed by atoms with van der Waals surface area (Å²) in [6, 6.07) is 4.94. The molecule has 5 rings (SSSR count). The van der Waals surface area contributed by atoms with E-state index in [-0.39, 0.29) is 17.5 Å². The lowest BCUT2D eigenvalue weighted by Crippen LogP contribution is -2.49. The maximum Gasteiger partial charge on any atom is 0.423 e. The van der Waals surface area contributed by atoms with Gasteiger partial charge in [-0.3, -0.25) is 19.9 Å². The number of hydrogen-bond acceptors (Lipinski definition) is 7. The fraction of sp³-hybridized carbons (Fsp3) is 0.586. The lowest BCUT2D eigenvalue weighted by Gasteiger charge is -2.36. The van der Waals surface area contributed by atoms with Crippen molar-refractivity contribution in [2.24, 2.45) is 5.92 Å². The van der Waals surface area contributed by atoms with Gasteiger partial charge < -0.3 is 20.2 Å². The topological polar surface area (TPSA) is 112 Å². The molecule has 9 nitrogen and oxygen atoms in total. The molecule has 0 bridgehead atoms. The lowest BCUT2D eigenvalue weighted by molar-refractivity contribution is -0.388. The van der Waals surface area contributed by atoms with Crippen molar-refractivity contribution in [2.75, 3.05) is 36.4 Å². The van der Waals surface area contributed by atoms with Crippen molar-refractivity contribution in [3.8, 4) is 5.75 Å². The van der Waals surface area contributed by atoms with Crippen LogP contribution in [-0.4, -0.2) is 58.0 Å². The van der Waals surface area contributed by atoms with Crippen molar-refractivity contribution in [1.82, 2.24) is 9.88 Å². The number of alkyl halides is 3. The maximum absolute atomic E-state index is 12.8. The highest BCUT2D eigenvalue weighted by molar-refractivity contribution is 5.76. The molecule has 224 valence electrons. The Morgan fingerprint density at radius 2 is 1.66 bits per heavy atom. The minimum absolute atomic E-state index is 0.145. The maximum atomic E-state index is 12.8. The molecule has 0 atom stereocenters. The average molecular weight is 578 g/mol. The Balaban J connectivity index is 0.000000189. The van der Waals surface area contributed by atoms with Crippen LogP contribution in [0.4, 0.5) is 30.2 Å². The number of halogens is 3. The molecular weight excluding hydrogens is 539 g/mol. The average Bonchev–Trinajstić information content (AvgIpc) is 3.46. The van der Waals surface area contributed by atoms with Gasteiger partial charge in [-0.05, 0) is 43.7 Å². The van der Waals surface area contributed by atoms with Gasteiger partial charge in [-0.2, -0.15) is 13.2 Å². The van der Waals surface area contributed by atoms with Gasteiger partial charge in [0.05, 0.1) is 23.0 Å². The number of aromatic nitrogens is 1. The number of amides is 1. The number of pyridine rings is 1. The number of nitro benzene ring substituents is 1. The first-order valence-electron chi connectivity index (χ1n) is 14.4. The summed E-state index contributed by atoms with van der Waals surface area (Å²) >= 11 is 0. The van der Waals surface area contributed by atoms with Gasteiger partial charge in [-0.1, -0.05) is 32.1 Å². The SMILES string of the molecule is O=C(CC1CCCC1)N1CCN(c2cncc(O)c2)CC1.O=[N+]([O-])c1ccc(NC2CCCCC2)cc1C(F)(F)F. The monoisotopic (exact) mass is 577 g/mol. The molecule has 2 N–H and O–H groups in total. The van der Waals surface area contributed by atoms with Crippen molar-refractivity contribution >= 4 is 23.0 Å². The summed E-state index contributed by atoms with van der Waals surface area (Å²) < 4.78 is 38.5. The number of aromatic hydroxyl groups is 1. The van der Waals surface area contributed by atoms with Crippen molar-refractivity contribution in [1.29, 1.82) is 0 Å². The van der Waals surface area contributed by atoms with Crippen LogP contribution < -0.4 is 10.2 Å². The predicted octanol–water partition coefficient (Wildman–Crippen LogP) is 6.37. The summed E-state index contributed by atoms with van der Waals surface area (Å²) in [6.07, 6.45) is 9.30. The number of nitrogens with zero attached hydrogens (tertiary/aromatic N) is 4. The van der Waals surface area contributed by atoms with Gasteiger partial charge in [0.15, 0.2) is 0 Å². The Labute approximate surface area is 237 Å². The van der Waals surface area contributed by atoms with Gasteiger partial charge in [0.25, 0.3) is 5.69 Å². The fourth-order valence-electron chi connectivity index (χ4n) is 5.89. The number of hydrogen-bond donors (Lipinski definition) is 2. The molecule has 3 fully saturated rings. The van der Waals surface area contributed by atoms with Crippen LogP contribution in [-0.2, 0) is 11.0 Å². The standard InChI is InChI=1S/C16H23N3O2.C13H15F3N2O2/c20-15-10-14(11-17-12-15)18-5-7-19(8-6-18)16(21)9-13-3-1-2-4-13;14-13(15,16)11-8-10(6-7-12(11)18(19)20)17-9-4-2-1-3-5-9/h10-13,20H,1-9H2;6-9,17H,1-5H2. The van der Waals surface area contributed by atoms with E-state index in [1.54, 1.807) is 12.3 Å². The minimum Gasteiger partial charge on any atom is -0.506 e. The van der Waals surface area contributed by atoms with E-state index >= 15 is 0 Å². The zero-order valence-electron chi connectivity index (χ0n) is 23.1. The molecule has 41 heavy (non-hydrogen) atoms. The second-order valence-corrected chi connectivity index (χ2v) is 11.1. The zero-order chi connectivity index (χ0) is 29.4. The van der Waals surface area contributed by atoms with E-state index in [2.05, 4.69) is 15.2 Å². The molecular formula is C29H38F3N5O4. The van der Waals surface area contributed by atoms with Crippen LogP contribution in [0, 0.1) is 16.0 Å². The Hall–Kier alpha value is -3.57. The molecule has 1 aromatic carbocycles. The molecule has 2 aromatic rings. The van der Waals surface area contributed by atoms with Crippen LogP contribution >= 0.6 is 0 Å². The van der Waals surface area contributed by atoms with E-state index in [0.29, 0.717) is 11.8 Å². The minimum atomic E-state index is -4.73. The number of nitrogens with one attached hydrogen (secondary N) is 1. The molecule has 2 aliphatic carbocycles. The highest BCUT2D eigenvalue weighted by Gasteiger charge is 2.38. The van der Waals surface area contributed by atoms with E-state index in [0.717, 1.165) is 82.5 Å². The van der Waals surface area contributed by atoms with Crippen LogP contribution in [0.2, 0.25) is 0 Å². The molecule has 1 aliphatic heterocycles. The number of benzene rings is 1. The van der Waals surface area contributed by atoms with Gasteiger partial charge in [-0.25, -0.2) is 0 Å². The van der Waals surface area contributed by atoms with Crippen molar-refractivity contribution in [2.45, 2.75) is 76.4 Å². The second kappa shape index (κ2) is 13.9. The van der Waals surface area contributed by atoms with E-state index in [1.807, 2.05) is 4.90 Å². The third-order valence-corrected chi connectivity index (χ3v) is 8.12. The molecule has 12 heteroatoms. The predicted molar refractivity (Wildman–Crippen MR) is 150 cm³/mol. The summed E-state index contributed by atoms with van der Waals surface area (Å²) in [5.74, 6) is 1.12. The summed E-state index contributed by atoms with van der Waals surface area (Å²) in [6.45, 7) is 3.14. The van der Waals surface area contributed by atoms with Crippen molar-refractivity contribution in [3.63, 3.8) is 0 Å². The highest BCUT2D eigenvalue weighted by atomic mass is 19.4. The summed E-state index contributed by atoms with van der Waals surface area (Å²) in [5, 5.41) is 23.2. The molecule has 0 unspecified atom stereocenters. The second-order valence-electron chi connectivity index (χ2n) is 11.1. The number of carbonyl (C=O) groups is 1. The lowest BCUT2D eigenvalue weighted by atomic mass is 9.95. The molecule has 2 heterocycles. The van der Waals surface area contributed by atoms with E-state index in [4.69, 9.17) is 0 Å². The van der Waals surface area contributed by atoms with Gasteiger partial charge in [-0.15, -0.1) is 0 Å². The Morgan fingerprint density at radius 3 is 2.27 bits per heavy atom. The normalized spacial score (nSPS) is 18.5. The van der Waals surface area contributed by atoms with Gasteiger partial charge in [0.1, 0.15) is 11.3 Å². The summed E-state index contributed by atoms with van der Waals surface area (Å²) in [4.78, 5) is 30.1. The fourth-order valence-corrected chi connectivity index (χ4v) is 5.89.